The predicted molar refractivity (Wildman–Crippen MR) is 119 cm³/mol. The minimum Gasteiger partial charge on any atom is -0.481 e. The molecular formula is C23H21F3N2O4S. The Morgan fingerprint density at radius 3 is 2.24 bits per heavy atom. The van der Waals surface area contributed by atoms with Crippen LogP contribution in [0.5, 0.6) is 5.75 Å². The van der Waals surface area contributed by atoms with E-state index in [0.717, 1.165) is 17.7 Å². The van der Waals surface area contributed by atoms with Crippen molar-refractivity contribution in [3.05, 3.63) is 83.9 Å². The van der Waals surface area contributed by atoms with Crippen molar-refractivity contribution in [3.8, 4) is 5.75 Å². The summed E-state index contributed by atoms with van der Waals surface area (Å²) in [5.74, 6) is 0.137. The molecule has 0 saturated heterocycles. The van der Waals surface area contributed by atoms with Crippen LogP contribution in [-0.2, 0) is 21.0 Å². The third-order valence-corrected chi connectivity index (χ3v) is 6.04. The van der Waals surface area contributed by atoms with Crippen LogP contribution in [0.1, 0.15) is 18.1 Å². The Morgan fingerprint density at radius 2 is 1.61 bits per heavy atom. The first kappa shape index (κ1) is 24.1. The van der Waals surface area contributed by atoms with E-state index in [1.807, 2.05) is 19.1 Å². The lowest BCUT2D eigenvalue weighted by Gasteiger charge is -2.16. The van der Waals surface area contributed by atoms with Gasteiger partial charge < -0.3 is 10.1 Å². The van der Waals surface area contributed by atoms with Crippen LogP contribution in [0, 0.1) is 6.92 Å². The van der Waals surface area contributed by atoms with Gasteiger partial charge in [0.25, 0.3) is 15.9 Å². The molecule has 0 heterocycles. The number of amides is 1. The van der Waals surface area contributed by atoms with E-state index in [4.69, 9.17) is 4.74 Å². The molecule has 0 aromatic heterocycles. The van der Waals surface area contributed by atoms with Crippen LogP contribution < -0.4 is 14.8 Å². The fourth-order valence-corrected chi connectivity index (χ4v) is 3.92. The second-order valence-corrected chi connectivity index (χ2v) is 8.91. The molecule has 2 N–H and O–H groups in total. The van der Waals surface area contributed by atoms with Crippen LogP contribution in [0.2, 0.25) is 0 Å². The quantitative estimate of drug-likeness (QED) is 0.488. The number of ether oxygens (including phenoxy) is 1. The SMILES string of the molecule is Cc1ccccc1O[C@H](C)C(=O)Nc1ccc(S(=O)(=O)Nc2cccc(C(F)(F)F)c2)cc1. The van der Waals surface area contributed by atoms with Gasteiger partial charge in [-0.2, -0.15) is 13.2 Å². The van der Waals surface area contributed by atoms with E-state index < -0.39 is 33.8 Å². The molecule has 3 aromatic carbocycles. The number of carbonyl (C=O) groups excluding carboxylic acids is 1. The summed E-state index contributed by atoms with van der Waals surface area (Å²) in [6.07, 6.45) is -5.40. The molecule has 0 fully saturated rings. The highest BCUT2D eigenvalue weighted by molar-refractivity contribution is 7.92. The maximum Gasteiger partial charge on any atom is 0.416 e. The lowest BCUT2D eigenvalue weighted by molar-refractivity contribution is -0.137. The zero-order valence-electron chi connectivity index (χ0n) is 17.7. The van der Waals surface area contributed by atoms with Crippen molar-refractivity contribution >= 4 is 27.3 Å². The monoisotopic (exact) mass is 478 g/mol. The van der Waals surface area contributed by atoms with Crippen molar-refractivity contribution in [2.45, 2.75) is 31.0 Å². The van der Waals surface area contributed by atoms with Gasteiger partial charge in [0.1, 0.15) is 5.75 Å². The van der Waals surface area contributed by atoms with Gasteiger partial charge in [0.15, 0.2) is 6.10 Å². The zero-order valence-corrected chi connectivity index (χ0v) is 18.5. The fourth-order valence-electron chi connectivity index (χ4n) is 2.87. The topological polar surface area (TPSA) is 84.5 Å². The van der Waals surface area contributed by atoms with Crippen LogP contribution >= 0.6 is 0 Å². The van der Waals surface area contributed by atoms with E-state index in [1.54, 1.807) is 19.1 Å². The molecule has 0 aliphatic carbocycles. The summed E-state index contributed by atoms with van der Waals surface area (Å²) < 4.78 is 71.4. The molecule has 0 spiro atoms. The van der Waals surface area contributed by atoms with Crippen molar-refractivity contribution in [2.24, 2.45) is 0 Å². The number of rotatable bonds is 7. The average Bonchev–Trinajstić information content (AvgIpc) is 2.75. The van der Waals surface area contributed by atoms with Gasteiger partial charge in [-0.3, -0.25) is 9.52 Å². The Kier molecular flexibility index (Phi) is 6.97. The summed E-state index contributed by atoms with van der Waals surface area (Å²) in [6, 6.07) is 16.3. The highest BCUT2D eigenvalue weighted by atomic mass is 32.2. The number of aryl methyl sites for hydroxylation is 1. The molecule has 1 amide bonds. The predicted octanol–water partition coefficient (Wildman–Crippen LogP) is 5.22. The summed E-state index contributed by atoms with van der Waals surface area (Å²) >= 11 is 0. The number of hydrogen-bond donors (Lipinski definition) is 2. The van der Waals surface area contributed by atoms with E-state index in [-0.39, 0.29) is 10.6 Å². The first-order valence-corrected chi connectivity index (χ1v) is 11.3. The molecule has 0 aliphatic rings. The van der Waals surface area contributed by atoms with Crippen molar-refractivity contribution in [1.82, 2.24) is 0 Å². The van der Waals surface area contributed by atoms with Crippen molar-refractivity contribution in [2.75, 3.05) is 10.0 Å². The normalized spacial score (nSPS) is 12.6. The molecule has 1 atom stereocenters. The fraction of sp³-hybridized carbons (Fsp3) is 0.174. The Morgan fingerprint density at radius 1 is 0.939 bits per heavy atom. The van der Waals surface area contributed by atoms with Gasteiger partial charge in [0.05, 0.1) is 10.5 Å². The number of alkyl halides is 3. The molecule has 3 aromatic rings. The van der Waals surface area contributed by atoms with E-state index in [0.29, 0.717) is 17.5 Å². The van der Waals surface area contributed by atoms with Gasteiger partial charge in [0.2, 0.25) is 0 Å². The van der Waals surface area contributed by atoms with Crippen LogP contribution in [-0.4, -0.2) is 20.4 Å². The van der Waals surface area contributed by atoms with Gasteiger partial charge in [-0.1, -0.05) is 24.3 Å². The largest absolute Gasteiger partial charge is 0.481 e. The third-order valence-electron chi connectivity index (χ3n) is 4.64. The van der Waals surface area contributed by atoms with Crippen LogP contribution in [0.3, 0.4) is 0 Å². The summed E-state index contributed by atoms with van der Waals surface area (Å²) in [5, 5.41) is 2.63. The molecule has 0 unspecified atom stereocenters. The Hall–Kier alpha value is -3.53. The van der Waals surface area contributed by atoms with Gasteiger partial charge in [-0.25, -0.2) is 8.42 Å². The third kappa shape index (κ3) is 6.26. The maximum absolute atomic E-state index is 12.9. The summed E-state index contributed by atoms with van der Waals surface area (Å²) in [6.45, 7) is 3.44. The molecule has 6 nitrogen and oxygen atoms in total. The number of nitrogens with one attached hydrogen (secondary N) is 2. The first-order chi connectivity index (χ1) is 15.5. The van der Waals surface area contributed by atoms with E-state index >= 15 is 0 Å². The summed E-state index contributed by atoms with van der Waals surface area (Å²) in [7, 11) is -4.14. The standard InChI is InChI=1S/C23H21F3N2O4S/c1-15-6-3-4-9-21(15)32-16(2)22(29)27-18-10-12-20(13-11-18)33(30,31)28-19-8-5-7-17(14-19)23(24,25)26/h3-14,16,28H,1-2H3,(H,27,29)/t16-/m1/s1. The van der Waals surface area contributed by atoms with Gasteiger partial charge in [-0.15, -0.1) is 0 Å². The molecule has 3 rings (SSSR count). The smallest absolute Gasteiger partial charge is 0.416 e. The van der Waals surface area contributed by atoms with Gasteiger partial charge in [-0.05, 0) is 67.9 Å². The molecule has 0 saturated carbocycles. The van der Waals surface area contributed by atoms with Crippen molar-refractivity contribution in [3.63, 3.8) is 0 Å². The van der Waals surface area contributed by atoms with Crippen molar-refractivity contribution in [1.29, 1.82) is 0 Å². The summed E-state index contributed by atoms with van der Waals surface area (Å²) in [4.78, 5) is 12.2. The highest BCUT2D eigenvalue weighted by Gasteiger charge is 2.30. The Bertz CT molecular complexity index is 1240. The van der Waals surface area contributed by atoms with Gasteiger partial charge >= 0.3 is 6.18 Å². The number of anilines is 2. The summed E-state index contributed by atoms with van der Waals surface area (Å²) in [5.41, 5.74) is 0.0189. The lowest BCUT2D eigenvalue weighted by Crippen LogP contribution is -2.30. The first-order valence-electron chi connectivity index (χ1n) is 9.79. The second kappa shape index (κ2) is 9.53. The zero-order chi connectivity index (χ0) is 24.2. The highest BCUT2D eigenvalue weighted by Crippen LogP contribution is 2.31. The molecule has 33 heavy (non-hydrogen) atoms. The molecular weight excluding hydrogens is 457 g/mol. The van der Waals surface area contributed by atoms with Crippen molar-refractivity contribution < 1.29 is 31.1 Å². The number of halogens is 3. The van der Waals surface area contributed by atoms with Crippen LogP contribution in [0.25, 0.3) is 0 Å². The minimum absolute atomic E-state index is 0.179. The Labute approximate surface area is 189 Å². The van der Waals surface area contributed by atoms with Crippen LogP contribution in [0.4, 0.5) is 24.5 Å². The maximum atomic E-state index is 12.9. The van der Waals surface area contributed by atoms with E-state index in [1.165, 1.54) is 30.3 Å². The minimum atomic E-state index is -4.60. The van der Waals surface area contributed by atoms with E-state index in [2.05, 4.69) is 10.0 Å². The molecule has 174 valence electrons. The number of carbonyl (C=O) groups is 1. The molecule has 0 aliphatic heterocycles. The number of benzene rings is 3. The number of sulfonamides is 1. The van der Waals surface area contributed by atoms with Crippen LogP contribution in [0.15, 0.2) is 77.7 Å². The number of para-hydroxylation sites is 1. The van der Waals surface area contributed by atoms with Gasteiger partial charge in [0, 0.05) is 11.4 Å². The number of hydrogen-bond acceptors (Lipinski definition) is 4. The van der Waals surface area contributed by atoms with E-state index in [9.17, 15) is 26.4 Å². The second-order valence-electron chi connectivity index (χ2n) is 7.22. The molecule has 0 radical (unpaired) electrons. The Balaban J connectivity index is 1.66. The average molecular weight is 478 g/mol. The molecule has 10 heteroatoms. The lowest BCUT2D eigenvalue weighted by atomic mass is 10.2. The molecule has 0 bridgehead atoms.